The largest absolute Gasteiger partial charge is 0.441 e. The molecule has 1 aromatic carbocycles. The van der Waals surface area contributed by atoms with Crippen molar-refractivity contribution in [2.24, 2.45) is 0 Å². The van der Waals surface area contributed by atoms with Crippen LogP contribution in [0.15, 0.2) is 16.5 Å². The lowest BCUT2D eigenvalue weighted by Crippen LogP contribution is -1.79. The Balaban J connectivity index is 2.89. The monoisotopic (exact) mass is 161 g/mol. The average Bonchev–Trinajstić information content (AvgIpc) is 2.39. The zero-order valence-electron chi connectivity index (χ0n) is 7.51. The first-order valence-corrected chi connectivity index (χ1v) is 4.02. The summed E-state index contributed by atoms with van der Waals surface area (Å²) in [6.07, 6.45) is 0. The van der Waals surface area contributed by atoms with Crippen LogP contribution < -0.4 is 0 Å². The number of aryl methyl sites for hydroxylation is 3. The van der Waals surface area contributed by atoms with Crippen molar-refractivity contribution in [1.82, 2.24) is 4.98 Å². The fourth-order valence-electron chi connectivity index (χ4n) is 1.33. The summed E-state index contributed by atoms with van der Waals surface area (Å²) in [5, 5.41) is 0. The Bertz CT molecular complexity index is 429. The first-order chi connectivity index (χ1) is 5.68. The molecule has 0 radical (unpaired) electrons. The standard InChI is InChI=1S/C10H11NO/c1-6-4-5-9-10(7(6)2)12-8(3)11-9/h4-5H,1-3H3. The van der Waals surface area contributed by atoms with Crippen LogP contribution in [0.2, 0.25) is 0 Å². The number of hydrogen-bond acceptors (Lipinski definition) is 2. The van der Waals surface area contributed by atoms with Gasteiger partial charge in [0, 0.05) is 6.92 Å². The molecular formula is C10H11NO. The summed E-state index contributed by atoms with van der Waals surface area (Å²) in [5.41, 5.74) is 4.31. The number of oxazole rings is 1. The van der Waals surface area contributed by atoms with Crippen LogP contribution in [0.25, 0.3) is 11.1 Å². The highest BCUT2D eigenvalue weighted by molar-refractivity contribution is 5.77. The Hall–Kier alpha value is -1.31. The van der Waals surface area contributed by atoms with Crippen LogP contribution in [-0.2, 0) is 0 Å². The third-order valence-electron chi connectivity index (χ3n) is 2.18. The highest BCUT2D eigenvalue weighted by Crippen LogP contribution is 2.21. The predicted octanol–water partition coefficient (Wildman–Crippen LogP) is 2.75. The van der Waals surface area contributed by atoms with E-state index in [-0.39, 0.29) is 0 Å². The van der Waals surface area contributed by atoms with Crippen molar-refractivity contribution in [3.05, 3.63) is 29.2 Å². The molecule has 0 saturated heterocycles. The zero-order valence-corrected chi connectivity index (χ0v) is 7.51. The maximum Gasteiger partial charge on any atom is 0.192 e. The molecule has 0 saturated carbocycles. The van der Waals surface area contributed by atoms with Gasteiger partial charge < -0.3 is 4.42 Å². The van der Waals surface area contributed by atoms with Gasteiger partial charge in [0.2, 0.25) is 0 Å². The van der Waals surface area contributed by atoms with E-state index < -0.39 is 0 Å². The second-order valence-electron chi connectivity index (χ2n) is 3.09. The Morgan fingerprint density at radius 2 is 1.92 bits per heavy atom. The fraction of sp³-hybridized carbons (Fsp3) is 0.300. The van der Waals surface area contributed by atoms with E-state index in [1.807, 2.05) is 13.0 Å². The van der Waals surface area contributed by atoms with Crippen molar-refractivity contribution in [2.45, 2.75) is 20.8 Å². The minimum Gasteiger partial charge on any atom is -0.441 e. The van der Waals surface area contributed by atoms with E-state index in [1.54, 1.807) is 0 Å². The van der Waals surface area contributed by atoms with E-state index in [0.717, 1.165) is 17.0 Å². The molecule has 12 heavy (non-hydrogen) atoms. The summed E-state index contributed by atoms with van der Waals surface area (Å²) in [7, 11) is 0. The van der Waals surface area contributed by atoms with Gasteiger partial charge in [-0.2, -0.15) is 0 Å². The molecule has 2 aromatic rings. The molecule has 0 spiro atoms. The molecule has 1 heterocycles. The van der Waals surface area contributed by atoms with Gasteiger partial charge in [-0.05, 0) is 31.0 Å². The minimum atomic E-state index is 0.735. The molecule has 0 amide bonds. The molecule has 0 fully saturated rings. The molecule has 0 aliphatic carbocycles. The minimum absolute atomic E-state index is 0.735. The first-order valence-electron chi connectivity index (χ1n) is 4.02. The quantitative estimate of drug-likeness (QED) is 0.593. The van der Waals surface area contributed by atoms with E-state index in [0.29, 0.717) is 0 Å². The van der Waals surface area contributed by atoms with Gasteiger partial charge >= 0.3 is 0 Å². The van der Waals surface area contributed by atoms with Gasteiger partial charge in [0.15, 0.2) is 11.5 Å². The van der Waals surface area contributed by atoms with E-state index in [9.17, 15) is 0 Å². The second kappa shape index (κ2) is 2.34. The van der Waals surface area contributed by atoms with Crippen LogP contribution >= 0.6 is 0 Å². The fourth-order valence-corrected chi connectivity index (χ4v) is 1.33. The molecule has 62 valence electrons. The summed E-state index contributed by atoms with van der Waals surface area (Å²) < 4.78 is 5.47. The summed E-state index contributed by atoms with van der Waals surface area (Å²) in [5.74, 6) is 0.735. The molecule has 0 N–H and O–H groups in total. The van der Waals surface area contributed by atoms with Crippen molar-refractivity contribution in [3.63, 3.8) is 0 Å². The summed E-state index contributed by atoms with van der Waals surface area (Å²) in [6, 6.07) is 4.06. The molecule has 0 unspecified atom stereocenters. The molecule has 0 atom stereocenters. The molecule has 0 aliphatic heterocycles. The summed E-state index contributed by atoms with van der Waals surface area (Å²) in [4.78, 5) is 4.25. The smallest absolute Gasteiger partial charge is 0.192 e. The van der Waals surface area contributed by atoms with E-state index in [2.05, 4.69) is 24.9 Å². The van der Waals surface area contributed by atoms with Crippen LogP contribution in [0.5, 0.6) is 0 Å². The molecular weight excluding hydrogens is 150 g/mol. The zero-order chi connectivity index (χ0) is 8.72. The molecule has 2 nitrogen and oxygen atoms in total. The van der Waals surface area contributed by atoms with Gasteiger partial charge in [-0.1, -0.05) is 6.07 Å². The Labute approximate surface area is 71.2 Å². The van der Waals surface area contributed by atoms with Crippen molar-refractivity contribution < 1.29 is 4.42 Å². The first kappa shape index (κ1) is 7.35. The highest BCUT2D eigenvalue weighted by Gasteiger charge is 2.05. The lowest BCUT2D eigenvalue weighted by Gasteiger charge is -1.96. The van der Waals surface area contributed by atoms with E-state index >= 15 is 0 Å². The number of benzene rings is 1. The van der Waals surface area contributed by atoms with Crippen LogP contribution in [0.1, 0.15) is 17.0 Å². The Morgan fingerprint density at radius 1 is 1.17 bits per heavy atom. The summed E-state index contributed by atoms with van der Waals surface area (Å²) >= 11 is 0. The van der Waals surface area contributed by atoms with E-state index in [4.69, 9.17) is 4.42 Å². The van der Waals surface area contributed by atoms with Crippen molar-refractivity contribution in [2.75, 3.05) is 0 Å². The van der Waals surface area contributed by atoms with Crippen LogP contribution in [0.3, 0.4) is 0 Å². The average molecular weight is 161 g/mol. The summed E-state index contributed by atoms with van der Waals surface area (Å²) in [6.45, 7) is 6.00. The van der Waals surface area contributed by atoms with Crippen molar-refractivity contribution >= 4 is 11.1 Å². The van der Waals surface area contributed by atoms with Crippen LogP contribution in [-0.4, -0.2) is 4.98 Å². The van der Waals surface area contributed by atoms with Gasteiger partial charge in [0.05, 0.1) is 0 Å². The number of aromatic nitrogens is 1. The molecule has 0 bridgehead atoms. The second-order valence-corrected chi connectivity index (χ2v) is 3.09. The Morgan fingerprint density at radius 3 is 2.67 bits per heavy atom. The van der Waals surface area contributed by atoms with Crippen LogP contribution in [0, 0.1) is 20.8 Å². The molecule has 1 aromatic heterocycles. The molecule has 2 rings (SSSR count). The van der Waals surface area contributed by atoms with Crippen molar-refractivity contribution in [3.8, 4) is 0 Å². The van der Waals surface area contributed by atoms with Gasteiger partial charge in [-0.15, -0.1) is 0 Å². The number of nitrogens with zero attached hydrogens (tertiary/aromatic N) is 1. The predicted molar refractivity (Wildman–Crippen MR) is 48.2 cm³/mol. The number of hydrogen-bond donors (Lipinski definition) is 0. The normalized spacial score (nSPS) is 10.9. The van der Waals surface area contributed by atoms with Gasteiger partial charge in [-0.3, -0.25) is 0 Å². The van der Waals surface area contributed by atoms with Crippen LogP contribution in [0.4, 0.5) is 0 Å². The third-order valence-corrected chi connectivity index (χ3v) is 2.18. The lowest BCUT2D eigenvalue weighted by atomic mass is 10.1. The SMILES string of the molecule is Cc1nc2ccc(C)c(C)c2o1. The van der Waals surface area contributed by atoms with Gasteiger partial charge in [-0.25, -0.2) is 4.98 Å². The lowest BCUT2D eigenvalue weighted by molar-refractivity contribution is 0.559. The molecule has 2 heteroatoms. The number of fused-ring (bicyclic) bond motifs is 1. The molecule has 0 aliphatic rings. The van der Waals surface area contributed by atoms with E-state index in [1.165, 1.54) is 11.1 Å². The maximum absolute atomic E-state index is 5.47. The topological polar surface area (TPSA) is 26.0 Å². The maximum atomic E-state index is 5.47. The third kappa shape index (κ3) is 0.916. The Kier molecular flexibility index (Phi) is 1.43. The van der Waals surface area contributed by atoms with Crippen molar-refractivity contribution in [1.29, 1.82) is 0 Å². The van der Waals surface area contributed by atoms with Gasteiger partial charge in [0.1, 0.15) is 5.52 Å². The van der Waals surface area contributed by atoms with Gasteiger partial charge in [0.25, 0.3) is 0 Å². The number of rotatable bonds is 0. The highest BCUT2D eigenvalue weighted by atomic mass is 16.3.